The van der Waals surface area contributed by atoms with Gasteiger partial charge in [-0.1, -0.05) is 42.5 Å². The lowest BCUT2D eigenvalue weighted by atomic mass is 9.98. The number of carbonyl (C=O) groups is 1. The molecule has 0 N–H and O–H groups in total. The van der Waals surface area contributed by atoms with E-state index in [0.29, 0.717) is 18.7 Å². The summed E-state index contributed by atoms with van der Waals surface area (Å²) in [4.78, 5) is 28.4. The SMILES string of the molecule is COc1ccc([C@@H]2c3c(oc4ccc(F)cc4c3=O)C(=O)N2CCc2ccccc2)cc1. The highest BCUT2D eigenvalue weighted by atomic mass is 19.1. The Morgan fingerprint density at radius 1 is 1.00 bits per heavy atom. The summed E-state index contributed by atoms with van der Waals surface area (Å²) >= 11 is 0. The van der Waals surface area contributed by atoms with Crippen molar-refractivity contribution in [2.24, 2.45) is 0 Å². The van der Waals surface area contributed by atoms with E-state index in [9.17, 15) is 14.0 Å². The molecule has 1 amide bonds. The van der Waals surface area contributed by atoms with Gasteiger partial charge in [-0.15, -0.1) is 0 Å². The first-order chi connectivity index (χ1) is 15.6. The molecule has 160 valence electrons. The second kappa shape index (κ2) is 7.96. The predicted octanol–water partition coefficient (Wildman–Crippen LogP) is 4.73. The zero-order valence-electron chi connectivity index (χ0n) is 17.4. The number of methoxy groups -OCH3 is 1. The Balaban J connectivity index is 1.65. The van der Waals surface area contributed by atoms with Crippen LogP contribution in [0.25, 0.3) is 11.0 Å². The molecule has 4 aromatic rings. The highest BCUT2D eigenvalue weighted by Gasteiger charge is 2.42. The summed E-state index contributed by atoms with van der Waals surface area (Å²) in [5.41, 5.74) is 1.88. The smallest absolute Gasteiger partial charge is 0.290 e. The van der Waals surface area contributed by atoms with Crippen LogP contribution in [0.2, 0.25) is 0 Å². The minimum absolute atomic E-state index is 0.0167. The van der Waals surface area contributed by atoms with E-state index in [-0.39, 0.29) is 28.2 Å². The Hall–Kier alpha value is -3.93. The molecule has 0 unspecified atom stereocenters. The Morgan fingerprint density at radius 3 is 2.47 bits per heavy atom. The van der Waals surface area contributed by atoms with Gasteiger partial charge in [0.2, 0.25) is 5.76 Å². The number of rotatable bonds is 5. The Bertz CT molecular complexity index is 1360. The number of amides is 1. The van der Waals surface area contributed by atoms with Crippen molar-refractivity contribution in [1.82, 2.24) is 4.90 Å². The molecule has 32 heavy (non-hydrogen) atoms. The molecular weight excluding hydrogens is 409 g/mol. The van der Waals surface area contributed by atoms with Gasteiger partial charge < -0.3 is 14.1 Å². The second-order valence-corrected chi connectivity index (χ2v) is 7.72. The van der Waals surface area contributed by atoms with Gasteiger partial charge in [0, 0.05) is 6.54 Å². The number of benzene rings is 3. The van der Waals surface area contributed by atoms with Crippen molar-refractivity contribution < 1.29 is 18.3 Å². The van der Waals surface area contributed by atoms with Gasteiger partial charge in [-0.2, -0.15) is 0 Å². The summed E-state index contributed by atoms with van der Waals surface area (Å²) in [6.07, 6.45) is 0.621. The third-order valence-corrected chi connectivity index (χ3v) is 5.84. The maximum Gasteiger partial charge on any atom is 0.290 e. The summed E-state index contributed by atoms with van der Waals surface area (Å²) in [5.74, 6) is -0.194. The maximum atomic E-state index is 13.9. The Kier molecular flexibility index (Phi) is 4.98. The average molecular weight is 429 g/mol. The van der Waals surface area contributed by atoms with Crippen molar-refractivity contribution in [3.05, 3.63) is 111 Å². The number of hydrogen-bond acceptors (Lipinski definition) is 4. The average Bonchev–Trinajstić information content (AvgIpc) is 3.10. The number of hydrogen-bond donors (Lipinski definition) is 0. The van der Waals surface area contributed by atoms with E-state index < -0.39 is 17.3 Å². The number of ether oxygens (including phenoxy) is 1. The monoisotopic (exact) mass is 429 g/mol. The number of fused-ring (bicyclic) bond motifs is 2. The lowest BCUT2D eigenvalue weighted by Crippen LogP contribution is -2.31. The summed E-state index contributed by atoms with van der Waals surface area (Å²) in [7, 11) is 1.57. The molecule has 0 fully saturated rings. The van der Waals surface area contributed by atoms with E-state index >= 15 is 0 Å². The van der Waals surface area contributed by atoms with Crippen molar-refractivity contribution >= 4 is 16.9 Å². The summed E-state index contributed by atoms with van der Waals surface area (Å²) in [6, 6.07) is 20.2. The van der Waals surface area contributed by atoms with Crippen LogP contribution in [0.5, 0.6) is 5.75 Å². The van der Waals surface area contributed by atoms with Gasteiger partial charge in [0.1, 0.15) is 17.1 Å². The van der Waals surface area contributed by atoms with E-state index in [1.807, 2.05) is 42.5 Å². The fraction of sp³-hybridized carbons (Fsp3) is 0.154. The van der Waals surface area contributed by atoms with Crippen molar-refractivity contribution in [3.63, 3.8) is 0 Å². The topological polar surface area (TPSA) is 59.8 Å². The minimum Gasteiger partial charge on any atom is -0.497 e. The number of nitrogens with zero attached hydrogens (tertiary/aromatic N) is 1. The van der Waals surface area contributed by atoms with Crippen molar-refractivity contribution in [3.8, 4) is 5.75 Å². The molecule has 3 aromatic carbocycles. The minimum atomic E-state index is -0.629. The van der Waals surface area contributed by atoms with Gasteiger partial charge in [0.25, 0.3) is 5.91 Å². The van der Waals surface area contributed by atoms with Crippen LogP contribution in [0.3, 0.4) is 0 Å². The second-order valence-electron chi connectivity index (χ2n) is 7.72. The quantitative estimate of drug-likeness (QED) is 0.460. The maximum absolute atomic E-state index is 13.9. The van der Waals surface area contributed by atoms with Crippen LogP contribution in [0.1, 0.15) is 33.3 Å². The van der Waals surface area contributed by atoms with E-state index in [2.05, 4.69) is 0 Å². The highest BCUT2D eigenvalue weighted by Crippen LogP contribution is 2.38. The molecule has 5 nitrogen and oxygen atoms in total. The van der Waals surface area contributed by atoms with Crippen molar-refractivity contribution in [2.75, 3.05) is 13.7 Å². The molecule has 2 heterocycles. The molecule has 0 saturated carbocycles. The van der Waals surface area contributed by atoms with Crippen LogP contribution in [-0.2, 0) is 6.42 Å². The van der Waals surface area contributed by atoms with Crippen LogP contribution >= 0.6 is 0 Å². The van der Waals surface area contributed by atoms with E-state index in [4.69, 9.17) is 9.15 Å². The Morgan fingerprint density at radius 2 is 1.75 bits per heavy atom. The number of halogens is 1. The van der Waals surface area contributed by atoms with Crippen LogP contribution in [0.4, 0.5) is 4.39 Å². The molecule has 1 aromatic heterocycles. The highest BCUT2D eigenvalue weighted by molar-refractivity contribution is 5.99. The molecule has 6 heteroatoms. The fourth-order valence-corrected chi connectivity index (χ4v) is 4.25. The van der Waals surface area contributed by atoms with Gasteiger partial charge in [-0.3, -0.25) is 9.59 Å². The van der Waals surface area contributed by atoms with Gasteiger partial charge in [-0.05, 0) is 47.9 Å². The van der Waals surface area contributed by atoms with Gasteiger partial charge in [-0.25, -0.2) is 4.39 Å². The van der Waals surface area contributed by atoms with E-state index in [0.717, 1.165) is 17.2 Å². The number of carbonyl (C=O) groups excluding carboxylic acids is 1. The van der Waals surface area contributed by atoms with Crippen molar-refractivity contribution in [2.45, 2.75) is 12.5 Å². The fourth-order valence-electron chi connectivity index (χ4n) is 4.25. The molecule has 0 bridgehead atoms. The lowest BCUT2D eigenvalue weighted by Gasteiger charge is -2.25. The molecular formula is C26H20FNO4. The molecule has 5 rings (SSSR count). The lowest BCUT2D eigenvalue weighted by molar-refractivity contribution is 0.0730. The van der Waals surface area contributed by atoms with Gasteiger partial charge in [0.15, 0.2) is 5.43 Å². The van der Waals surface area contributed by atoms with Crippen LogP contribution in [0, 0.1) is 5.82 Å². The molecule has 0 radical (unpaired) electrons. The van der Waals surface area contributed by atoms with Crippen molar-refractivity contribution in [1.29, 1.82) is 0 Å². The van der Waals surface area contributed by atoms with Crippen LogP contribution in [0.15, 0.2) is 82.0 Å². The van der Waals surface area contributed by atoms with Crippen LogP contribution in [-0.4, -0.2) is 24.5 Å². The molecule has 0 aliphatic carbocycles. The first-order valence-electron chi connectivity index (χ1n) is 10.3. The first kappa shape index (κ1) is 20.0. The Labute approximate surface area is 183 Å². The molecule has 1 aliphatic heterocycles. The largest absolute Gasteiger partial charge is 0.497 e. The normalized spacial score (nSPS) is 15.2. The zero-order chi connectivity index (χ0) is 22.2. The third-order valence-electron chi connectivity index (χ3n) is 5.84. The van der Waals surface area contributed by atoms with E-state index in [1.54, 1.807) is 24.1 Å². The molecule has 1 aliphatic rings. The summed E-state index contributed by atoms with van der Waals surface area (Å²) < 4.78 is 25.0. The molecule has 0 spiro atoms. The predicted molar refractivity (Wildman–Crippen MR) is 118 cm³/mol. The van der Waals surface area contributed by atoms with Gasteiger partial charge in [0.05, 0.1) is 24.1 Å². The molecule has 0 saturated heterocycles. The van der Waals surface area contributed by atoms with Crippen LogP contribution < -0.4 is 10.2 Å². The molecule has 1 atom stereocenters. The standard InChI is InChI=1S/C26H20FNO4/c1-31-19-10-7-17(8-11-19)23-22-24(29)20-15-18(27)9-12-21(20)32-25(22)26(30)28(23)14-13-16-5-3-2-4-6-16/h2-12,15,23H,13-14H2,1H3/t23-/m1/s1. The first-order valence-corrected chi connectivity index (χ1v) is 10.3. The summed E-state index contributed by atoms with van der Waals surface area (Å²) in [5, 5.41) is 0.125. The summed E-state index contributed by atoms with van der Waals surface area (Å²) in [6.45, 7) is 0.397. The van der Waals surface area contributed by atoms with E-state index in [1.165, 1.54) is 12.1 Å². The third kappa shape index (κ3) is 3.34. The van der Waals surface area contributed by atoms with Gasteiger partial charge >= 0.3 is 0 Å². The zero-order valence-corrected chi connectivity index (χ0v) is 17.4.